The summed E-state index contributed by atoms with van der Waals surface area (Å²) in [5.41, 5.74) is 0.731. The SMILES string of the molecule is CSC1CCCCC1Nc1cc(C)c([N+](=O)[O-])cn1. The third kappa shape index (κ3) is 3.37. The van der Waals surface area contributed by atoms with Crippen LogP contribution in [0.1, 0.15) is 31.2 Å². The normalized spacial score (nSPS) is 23.1. The number of nitrogens with zero attached hydrogens (tertiary/aromatic N) is 2. The molecule has 0 aliphatic heterocycles. The summed E-state index contributed by atoms with van der Waals surface area (Å²) in [4.78, 5) is 14.5. The Morgan fingerprint density at radius 1 is 1.47 bits per heavy atom. The smallest absolute Gasteiger partial charge is 0.290 e. The van der Waals surface area contributed by atoms with Crippen molar-refractivity contribution >= 4 is 23.3 Å². The second-order valence-corrected chi connectivity index (χ2v) is 6.00. The average Bonchev–Trinajstić information content (AvgIpc) is 2.39. The Labute approximate surface area is 117 Å². The van der Waals surface area contributed by atoms with Crippen LogP contribution in [-0.4, -0.2) is 27.5 Å². The summed E-state index contributed by atoms with van der Waals surface area (Å²) in [7, 11) is 0. The predicted molar refractivity (Wildman–Crippen MR) is 78.8 cm³/mol. The van der Waals surface area contributed by atoms with E-state index in [4.69, 9.17) is 0 Å². The summed E-state index contributed by atoms with van der Waals surface area (Å²) in [6.45, 7) is 1.75. The molecule has 0 spiro atoms. The minimum absolute atomic E-state index is 0.0793. The number of aryl methyl sites for hydroxylation is 1. The Morgan fingerprint density at radius 2 is 2.21 bits per heavy atom. The average molecular weight is 281 g/mol. The van der Waals surface area contributed by atoms with Crippen molar-refractivity contribution in [1.82, 2.24) is 4.98 Å². The second-order valence-electron chi connectivity index (χ2n) is 4.92. The first kappa shape index (κ1) is 14.1. The van der Waals surface area contributed by atoms with Gasteiger partial charge in [0.25, 0.3) is 5.69 Å². The van der Waals surface area contributed by atoms with Gasteiger partial charge in [-0.15, -0.1) is 0 Å². The van der Waals surface area contributed by atoms with Crippen molar-refractivity contribution in [3.63, 3.8) is 0 Å². The molecule has 1 fully saturated rings. The molecule has 1 aromatic rings. The number of pyridine rings is 1. The summed E-state index contributed by atoms with van der Waals surface area (Å²) in [5.74, 6) is 0.744. The molecule has 1 saturated carbocycles. The fraction of sp³-hybridized carbons (Fsp3) is 0.615. The van der Waals surface area contributed by atoms with Crippen LogP contribution in [0.25, 0.3) is 0 Å². The maximum absolute atomic E-state index is 10.8. The van der Waals surface area contributed by atoms with E-state index in [1.807, 2.05) is 11.8 Å². The highest BCUT2D eigenvalue weighted by atomic mass is 32.2. The van der Waals surface area contributed by atoms with Gasteiger partial charge >= 0.3 is 0 Å². The van der Waals surface area contributed by atoms with Gasteiger partial charge in [0, 0.05) is 16.9 Å². The Balaban J connectivity index is 2.10. The molecular formula is C13H19N3O2S. The molecule has 0 bridgehead atoms. The standard InChI is InChI=1S/C13H19N3O2S/c1-9-7-13(14-8-11(9)16(17)18)15-10-5-3-4-6-12(10)19-2/h7-8,10,12H,3-6H2,1-2H3,(H,14,15). The first-order valence-corrected chi connectivity index (χ1v) is 7.81. The molecule has 0 saturated heterocycles. The van der Waals surface area contributed by atoms with Crippen LogP contribution in [0.4, 0.5) is 11.5 Å². The van der Waals surface area contributed by atoms with Crippen LogP contribution in [0, 0.1) is 17.0 Å². The van der Waals surface area contributed by atoms with Gasteiger partial charge in [-0.05, 0) is 32.1 Å². The molecular weight excluding hydrogens is 262 g/mol. The molecule has 1 aliphatic carbocycles. The lowest BCUT2D eigenvalue weighted by Gasteiger charge is -2.31. The van der Waals surface area contributed by atoms with E-state index >= 15 is 0 Å². The zero-order valence-corrected chi connectivity index (χ0v) is 12.1. The van der Waals surface area contributed by atoms with Crippen molar-refractivity contribution in [3.05, 3.63) is 27.9 Å². The lowest BCUT2D eigenvalue weighted by Crippen LogP contribution is -2.34. The van der Waals surface area contributed by atoms with Crippen molar-refractivity contribution in [2.45, 2.75) is 43.9 Å². The van der Waals surface area contributed by atoms with Crippen molar-refractivity contribution in [1.29, 1.82) is 0 Å². The molecule has 19 heavy (non-hydrogen) atoms. The molecule has 2 atom stereocenters. The molecule has 5 nitrogen and oxygen atoms in total. The van der Waals surface area contributed by atoms with E-state index in [-0.39, 0.29) is 5.69 Å². The number of aromatic nitrogens is 1. The van der Waals surface area contributed by atoms with E-state index in [2.05, 4.69) is 16.6 Å². The quantitative estimate of drug-likeness (QED) is 0.677. The van der Waals surface area contributed by atoms with Crippen LogP contribution >= 0.6 is 11.8 Å². The second kappa shape index (κ2) is 6.23. The molecule has 104 valence electrons. The Morgan fingerprint density at radius 3 is 2.84 bits per heavy atom. The van der Waals surface area contributed by atoms with Crippen LogP contribution in [0.2, 0.25) is 0 Å². The minimum atomic E-state index is -0.391. The van der Waals surface area contributed by atoms with Crippen LogP contribution in [0.5, 0.6) is 0 Å². The molecule has 0 aromatic carbocycles. The molecule has 2 rings (SSSR count). The third-order valence-corrected chi connectivity index (χ3v) is 4.79. The summed E-state index contributed by atoms with van der Waals surface area (Å²) in [6, 6.07) is 2.18. The molecule has 0 radical (unpaired) electrons. The Kier molecular flexibility index (Phi) is 4.63. The van der Waals surface area contributed by atoms with E-state index in [1.54, 1.807) is 13.0 Å². The number of nitrogens with one attached hydrogen (secondary N) is 1. The lowest BCUT2D eigenvalue weighted by atomic mass is 9.95. The van der Waals surface area contributed by atoms with E-state index in [1.165, 1.54) is 25.5 Å². The van der Waals surface area contributed by atoms with Gasteiger partial charge < -0.3 is 5.32 Å². The van der Waals surface area contributed by atoms with Gasteiger partial charge in [-0.25, -0.2) is 4.98 Å². The van der Waals surface area contributed by atoms with Crippen molar-refractivity contribution in [3.8, 4) is 0 Å². The van der Waals surface area contributed by atoms with Crippen LogP contribution in [-0.2, 0) is 0 Å². The fourth-order valence-electron chi connectivity index (χ4n) is 2.55. The number of anilines is 1. The summed E-state index contributed by atoms with van der Waals surface area (Å²) in [5, 5.41) is 14.8. The minimum Gasteiger partial charge on any atom is -0.366 e. The number of nitro groups is 1. The first-order valence-electron chi connectivity index (χ1n) is 6.52. The van der Waals surface area contributed by atoms with Gasteiger partial charge in [-0.1, -0.05) is 12.8 Å². The van der Waals surface area contributed by atoms with E-state index in [0.717, 1.165) is 12.2 Å². The third-order valence-electron chi connectivity index (χ3n) is 3.62. The topological polar surface area (TPSA) is 68.1 Å². The van der Waals surface area contributed by atoms with E-state index in [0.29, 0.717) is 16.9 Å². The van der Waals surface area contributed by atoms with Crippen LogP contribution in [0.3, 0.4) is 0 Å². The fourth-order valence-corrected chi connectivity index (χ4v) is 3.49. The van der Waals surface area contributed by atoms with Crippen LogP contribution in [0.15, 0.2) is 12.3 Å². The Bertz CT molecular complexity index is 467. The number of hydrogen-bond acceptors (Lipinski definition) is 5. The molecule has 1 N–H and O–H groups in total. The summed E-state index contributed by atoms with van der Waals surface area (Å²) < 4.78 is 0. The van der Waals surface area contributed by atoms with E-state index < -0.39 is 4.92 Å². The molecule has 6 heteroatoms. The monoisotopic (exact) mass is 281 g/mol. The van der Waals surface area contributed by atoms with Crippen molar-refractivity contribution < 1.29 is 4.92 Å². The summed E-state index contributed by atoms with van der Waals surface area (Å²) in [6.07, 6.45) is 8.37. The molecule has 2 unspecified atom stereocenters. The highest BCUT2D eigenvalue weighted by molar-refractivity contribution is 7.99. The maximum Gasteiger partial charge on any atom is 0.290 e. The predicted octanol–water partition coefficient (Wildman–Crippen LogP) is 3.38. The highest BCUT2D eigenvalue weighted by Gasteiger charge is 2.24. The number of thioether (sulfide) groups is 1. The van der Waals surface area contributed by atoms with Gasteiger partial charge in [0.15, 0.2) is 0 Å². The number of rotatable bonds is 4. The summed E-state index contributed by atoms with van der Waals surface area (Å²) >= 11 is 1.89. The molecule has 0 amide bonds. The van der Waals surface area contributed by atoms with Crippen LogP contribution < -0.4 is 5.32 Å². The zero-order valence-electron chi connectivity index (χ0n) is 11.3. The Hall–Kier alpha value is -1.30. The molecule has 1 aromatic heterocycles. The van der Waals surface area contributed by atoms with Gasteiger partial charge in [-0.3, -0.25) is 10.1 Å². The van der Waals surface area contributed by atoms with Gasteiger partial charge in [0.2, 0.25) is 0 Å². The zero-order chi connectivity index (χ0) is 13.8. The molecule has 1 heterocycles. The van der Waals surface area contributed by atoms with Gasteiger partial charge in [0.05, 0.1) is 4.92 Å². The number of hydrogen-bond donors (Lipinski definition) is 1. The van der Waals surface area contributed by atoms with E-state index in [9.17, 15) is 10.1 Å². The maximum atomic E-state index is 10.8. The van der Waals surface area contributed by atoms with Gasteiger partial charge in [0.1, 0.15) is 12.0 Å². The molecule has 1 aliphatic rings. The largest absolute Gasteiger partial charge is 0.366 e. The van der Waals surface area contributed by atoms with Gasteiger partial charge in [-0.2, -0.15) is 11.8 Å². The van der Waals surface area contributed by atoms with Crippen molar-refractivity contribution in [2.24, 2.45) is 0 Å². The lowest BCUT2D eigenvalue weighted by molar-refractivity contribution is -0.385. The van der Waals surface area contributed by atoms with Crippen molar-refractivity contribution in [2.75, 3.05) is 11.6 Å². The highest BCUT2D eigenvalue weighted by Crippen LogP contribution is 2.29. The first-order chi connectivity index (χ1) is 9.11.